The summed E-state index contributed by atoms with van der Waals surface area (Å²) in [6, 6.07) is 5.12. The van der Waals surface area contributed by atoms with Crippen molar-refractivity contribution in [2.24, 2.45) is 11.8 Å². The van der Waals surface area contributed by atoms with Crippen molar-refractivity contribution < 1.29 is 19.1 Å². The molecule has 1 aromatic carbocycles. The van der Waals surface area contributed by atoms with Gasteiger partial charge in [-0.2, -0.15) is 0 Å². The van der Waals surface area contributed by atoms with E-state index in [9.17, 15) is 9.59 Å². The van der Waals surface area contributed by atoms with E-state index in [2.05, 4.69) is 19.2 Å². The molecule has 2 aromatic rings. The molecule has 1 aromatic heterocycles. The molecule has 3 aliphatic rings. The number of rotatable bonds is 3. The fourth-order valence-electron chi connectivity index (χ4n) is 4.98. The summed E-state index contributed by atoms with van der Waals surface area (Å²) in [4.78, 5) is 33.9. The number of benzene rings is 1. The van der Waals surface area contributed by atoms with Crippen LogP contribution < -0.4 is 14.8 Å². The number of carbonyl (C=O) groups is 2. The van der Waals surface area contributed by atoms with Crippen LogP contribution in [-0.4, -0.2) is 41.6 Å². The predicted octanol–water partition coefficient (Wildman–Crippen LogP) is 4.05. The third-order valence-corrected chi connectivity index (χ3v) is 7.33. The molecule has 2 aliphatic heterocycles. The van der Waals surface area contributed by atoms with E-state index in [0.29, 0.717) is 34.0 Å². The number of thiazole rings is 1. The Bertz CT molecular complexity index is 1010. The molecule has 3 unspecified atom stereocenters. The summed E-state index contributed by atoms with van der Waals surface area (Å²) < 4.78 is 10.7. The zero-order valence-electron chi connectivity index (χ0n) is 17.8. The van der Waals surface area contributed by atoms with Gasteiger partial charge in [-0.1, -0.05) is 13.8 Å². The lowest BCUT2D eigenvalue weighted by Gasteiger charge is -2.37. The standard InChI is InChI=1S/C23H27N3O4S/c1-13-8-14(2)11-26(10-13)22(28)16-4-3-5-19-20(16)24-23(31-19)25-21(27)15-6-7-17-18(9-15)30-12-29-17/h6-7,9,13-14,16H,3-5,8,10-12H2,1-2H3,(H,24,25,27). The van der Waals surface area contributed by atoms with E-state index in [1.165, 1.54) is 17.8 Å². The fourth-order valence-corrected chi connectivity index (χ4v) is 6.04. The summed E-state index contributed by atoms with van der Waals surface area (Å²) in [5.41, 5.74) is 1.34. The molecule has 3 heterocycles. The van der Waals surface area contributed by atoms with Crippen LogP contribution in [-0.2, 0) is 11.2 Å². The normalized spacial score (nSPS) is 24.6. The topological polar surface area (TPSA) is 80.8 Å². The highest BCUT2D eigenvalue weighted by atomic mass is 32.1. The van der Waals surface area contributed by atoms with Crippen LogP contribution in [0.5, 0.6) is 11.5 Å². The summed E-state index contributed by atoms with van der Waals surface area (Å²) >= 11 is 1.48. The van der Waals surface area contributed by atoms with Gasteiger partial charge in [0, 0.05) is 23.5 Å². The molecular weight excluding hydrogens is 414 g/mol. The van der Waals surface area contributed by atoms with Gasteiger partial charge in [-0.25, -0.2) is 4.98 Å². The number of anilines is 1. The Balaban J connectivity index is 1.33. The zero-order chi connectivity index (χ0) is 21.5. The number of carbonyl (C=O) groups excluding carboxylic acids is 2. The minimum atomic E-state index is -0.244. The van der Waals surface area contributed by atoms with Crippen molar-refractivity contribution in [1.82, 2.24) is 9.88 Å². The van der Waals surface area contributed by atoms with Crippen molar-refractivity contribution in [3.05, 3.63) is 34.3 Å². The molecule has 3 atom stereocenters. The highest BCUT2D eigenvalue weighted by Gasteiger charge is 2.35. The Kier molecular flexibility index (Phi) is 5.33. The maximum atomic E-state index is 13.3. The molecule has 31 heavy (non-hydrogen) atoms. The second-order valence-corrected chi connectivity index (χ2v) is 10.1. The van der Waals surface area contributed by atoms with E-state index in [1.807, 2.05) is 4.90 Å². The van der Waals surface area contributed by atoms with Crippen LogP contribution >= 0.6 is 11.3 Å². The molecule has 0 bridgehead atoms. The third-order valence-electron chi connectivity index (χ3n) is 6.29. The molecule has 1 N–H and O–H groups in total. The van der Waals surface area contributed by atoms with E-state index in [0.717, 1.165) is 42.9 Å². The summed E-state index contributed by atoms with van der Waals surface area (Å²) in [6.45, 7) is 6.26. The molecule has 2 amide bonds. The number of aryl methyl sites for hydroxylation is 1. The predicted molar refractivity (Wildman–Crippen MR) is 118 cm³/mol. The molecule has 0 radical (unpaired) electrons. The number of likely N-dealkylation sites (tertiary alicyclic amines) is 1. The number of piperidine rings is 1. The van der Waals surface area contributed by atoms with E-state index in [-0.39, 0.29) is 24.5 Å². The third kappa shape index (κ3) is 4.01. The smallest absolute Gasteiger partial charge is 0.257 e. The van der Waals surface area contributed by atoms with Gasteiger partial charge in [-0.05, 0) is 55.7 Å². The monoisotopic (exact) mass is 441 g/mol. The van der Waals surface area contributed by atoms with E-state index in [4.69, 9.17) is 14.5 Å². The second-order valence-electron chi connectivity index (χ2n) is 8.98. The first-order valence-corrected chi connectivity index (χ1v) is 11.8. The Morgan fingerprint density at radius 1 is 1.16 bits per heavy atom. The summed E-state index contributed by atoms with van der Waals surface area (Å²) in [5, 5.41) is 3.46. The van der Waals surface area contributed by atoms with Crippen molar-refractivity contribution in [3.8, 4) is 11.5 Å². The van der Waals surface area contributed by atoms with Gasteiger partial charge >= 0.3 is 0 Å². The van der Waals surface area contributed by atoms with Crippen molar-refractivity contribution in [3.63, 3.8) is 0 Å². The Morgan fingerprint density at radius 3 is 2.74 bits per heavy atom. The second kappa shape index (κ2) is 8.15. The Hall–Kier alpha value is -2.61. The van der Waals surface area contributed by atoms with Crippen LogP contribution in [0.4, 0.5) is 5.13 Å². The van der Waals surface area contributed by atoms with E-state index < -0.39 is 0 Å². The first-order chi connectivity index (χ1) is 15.0. The molecule has 1 aliphatic carbocycles. The van der Waals surface area contributed by atoms with Gasteiger partial charge in [0.15, 0.2) is 16.6 Å². The van der Waals surface area contributed by atoms with Gasteiger partial charge in [0.1, 0.15) is 0 Å². The number of ether oxygens (including phenoxy) is 2. The van der Waals surface area contributed by atoms with Crippen LogP contribution in [0, 0.1) is 11.8 Å². The van der Waals surface area contributed by atoms with E-state index in [1.54, 1.807) is 18.2 Å². The first kappa shape index (κ1) is 20.3. The lowest BCUT2D eigenvalue weighted by Crippen LogP contribution is -2.45. The highest BCUT2D eigenvalue weighted by molar-refractivity contribution is 7.16. The van der Waals surface area contributed by atoms with Crippen molar-refractivity contribution in [1.29, 1.82) is 0 Å². The van der Waals surface area contributed by atoms with Crippen LogP contribution in [0.2, 0.25) is 0 Å². The number of amides is 2. The molecular formula is C23H27N3O4S. The van der Waals surface area contributed by atoms with Gasteiger partial charge in [-0.15, -0.1) is 11.3 Å². The highest BCUT2D eigenvalue weighted by Crippen LogP contribution is 2.39. The summed E-state index contributed by atoms with van der Waals surface area (Å²) in [6.07, 6.45) is 3.88. The lowest BCUT2D eigenvalue weighted by molar-refractivity contribution is -0.136. The average Bonchev–Trinajstić information content (AvgIpc) is 3.37. The van der Waals surface area contributed by atoms with E-state index >= 15 is 0 Å². The maximum Gasteiger partial charge on any atom is 0.257 e. The summed E-state index contributed by atoms with van der Waals surface area (Å²) in [7, 11) is 0. The molecule has 8 heteroatoms. The minimum absolute atomic E-state index is 0.170. The molecule has 1 saturated heterocycles. The number of hydrogen-bond acceptors (Lipinski definition) is 6. The fraction of sp³-hybridized carbons (Fsp3) is 0.522. The molecule has 1 fully saturated rings. The molecule has 7 nitrogen and oxygen atoms in total. The van der Waals surface area contributed by atoms with Gasteiger partial charge in [-0.3, -0.25) is 14.9 Å². The number of hydrogen-bond donors (Lipinski definition) is 1. The van der Waals surface area contributed by atoms with Crippen LogP contribution in [0.25, 0.3) is 0 Å². The van der Waals surface area contributed by atoms with Gasteiger partial charge in [0.2, 0.25) is 12.7 Å². The van der Waals surface area contributed by atoms with Crippen molar-refractivity contribution in [2.75, 3.05) is 25.2 Å². The lowest BCUT2D eigenvalue weighted by atomic mass is 9.87. The van der Waals surface area contributed by atoms with Crippen LogP contribution in [0.15, 0.2) is 18.2 Å². The van der Waals surface area contributed by atoms with Gasteiger partial charge < -0.3 is 14.4 Å². The number of nitrogens with zero attached hydrogens (tertiary/aromatic N) is 2. The SMILES string of the molecule is CC1CC(C)CN(C(=O)C2CCCc3sc(NC(=O)c4ccc5c(c4)OCO5)nc32)C1. The number of fused-ring (bicyclic) bond motifs is 2. The van der Waals surface area contributed by atoms with Crippen LogP contribution in [0.3, 0.4) is 0 Å². The maximum absolute atomic E-state index is 13.3. The quantitative estimate of drug-likeness (QED) is 0.777. The van der Waals surface area contributed by atoms with Crippen molar-refractivity contribution in [2.45, 2.75) is 45.4 Å². The Labute approximate surface area is 185 Å². The van der Waals surface area contributed by atoms with Gasteiger partial charge in [0.05, 0.1) is 11.6 Å². The zero-order valence-corrected chi connectivity index (χ0v) is 18.7. The summed E-state index contributed by atoms with van der Waals surface area (Å²) in [5.74, 6) is 2.02. The Morgan fingerprint density at radius 2 is 1.94 bits per heavy atom. The number of nitrogens with one attached hydrogen (secondary N) is 1. The minimum Gasteiger partial charge on any atom is -0.454 e. The van der Waals surface area contributed by atoms with Gasteiger partial charge in [0.25, 0.3) is 5.91 Å². The molecule has 5 rings (SSSR count). The van der Waals surface area contributed by atoms with Crippen LogP contribution in [0.1, 0.15) is 60.0 Å². The van der Waals surface area contributed by atoms with Crippen molar-refractivity contribution >= 4 is 28.3 Å². The average molecular weight is 442 g/mol. The largest absolute Gasteiger partial charge is 0.454 e. The molecule has 164 valence electrons. The first-order valence-electron chi connectivity index (χ1n) is 11.0. The molecule has 0 spiro atoms. The molecule has 0 saturated carbocycles. The number of aromatic nitrogens is 1.